The van der Waals surface area contributed by atoms with E-state index in [2.05, 4.69) is 0 Å². The van der Waals surface area contributed by atoms with Crippen molar-refractivity contribution in [1.29, 1.82) is 0 Å². The molecule has 0 spiro atoms. The molecule has 2 rings (SSSR count). The maximum Gasteiger partial charge on any atom is 0.418 e. The molecule has 27 heavy (non-hydrogen) atoms. The first kappa shape index (κ1) is 21.1. The van der Waals surface area contributed by atoms with Crippen LogP contribution in [-0.4, -0.2) is 37.3 Å². The van der Waals surface area contributed by atoms with Gasteiger partial charge in [0.15, 0.2) is 0 Å². The molecule has 0 saturated heterocycles. The van der Waals surface area contributed by atoms with Crippen LogP contribution in [0, 0.1) is 0 Å². The lowest BCUT2D eigenvalue weighted by atomic mass is 10.0. The largest absolute Gasteiger partial charge is 0.497 e. The van der Waals surface area contributed by atoms with E-state index in [0.29, 0.717) is 6.54 Å². The summed E-state index contributed by atoms with van der Waals surface area (Å²) in [6, 6.07) is 11.3. The first-order chi connectivity index (χ1) is 12.7. The highest BCUT2D eigenvalue weighted by molar-refractivity contribution is 5.50. The van der Waals surface area contributed by atoms with Gasteiger partial charge in [0.05, 0.1) is 18.8 Å². The fourth-order valence-electron chi connectivity index (χ4n) is 2.86. The molecule has 0 aliphatic heterocycles. The van der Waals surface area contributed by atoms with E-state index in [1.54, 1.807) is 7.11 Å². The van der Waals surface area contributed by atoms with Crippen LogP contribution in [0.15, 0.2) is 42.5 Å². The number of likely N-dealkylation sites (N-methyl/N-ethyl adjacent to an activating group) is 1. The number of aliphatic hydroxyl groups excluding tert-OH is 1. The normalized spacial score (nSPS) is 13.0. The highest BCUT2D eigenvalue weighted by atomic mass is 19.4. The number of aryl methyl sites for hydroxylation is 1. The van der Waals surface area contributed by atoms with Crippen LogP contribution >= 0.6 is 0 Å². The van der Waals surface area contributed by atoms with E-state index in [9.17, 15) is 18.3 Å². The van der Waals surface area contributed by atoms with Gasteiger partial charge in [-0.2, -0.15) is 13.2 Å². The van der Waals surface area contributed by atoms with Crippen molar-refractivity contribution in [3.8, 4) is 5.75 Å². The number of rotatable bonds is 8. The number of nitrogens with zero attached hydrogens (tertiary/aromatic N) is 1. The number of halogens is 3. The predicted molar refractivity (Wildman–Crippen MR) is 99.6 cm³/mol. The summed E-state index contributed by atoms with van der Waals surface area (Å²) in [5.41, 5.74) is 5.53. The van der Waals surface area contributed by atoms with Crippen LogP contribution in [0.25, 0.3) is 0 Å². The minimum atomic E-state index is -4.54. The molecule has 0 heterocycles. The molecule has 2 aromatic carbocycles. The molecular weight excluding hydrogens is 357 g/mol. The third kappa shape index (κ3) is 6.15. The molecule has 3 N–H and O–H groups in total. The van der Waals surface area contributed by atoms with E-state index in [-0.39, 0.29) is 17.8 Å². The minimum absolute atomic E-state index is 0.207. The molecule has 2 aromatic rings. The number of anilines is 1. The van der Waals surface area contributed by atoms with Crippen molar-refractivity contribution in [3.63, 3.8) is 0 Å². The lowest BCUT2D eigenvalue weighted by Crippen LogP contribution is -2.26. The van der Waals surface area contributed by atoms with E-state index in [4.69, 9.17) is 10.5 Å². The van der Waals surface area contributed by atoms with Gasteiger partial charge in [0.25, 0.3) is 0 Å². The molecule has 0 aromatic heterocycles. The van der Waals surface area contributed by atoms with Crippen LogP contribution in [0.1, 0.15) is 29.2 Å². The van der Waals surface area contributed by atoms with Crippen molar-refractivity contribution < 1.29 is 23.0 Å². The maximum absolute atomic E-state index is 13.0. The van der Waals surface area contributed by atoms with E-state index in [1.165, 1.54) is 17.7 Å². The molecule has 1 atom stereocenters. The highest BCUT2D eigenvalue weighted by Gasteiger charge is 2.33. The summed E-state index contributed by atoms with van der Waals surface area (Å²) in [7, 11) is 3.45. The zero-order valence-electron chi connectivity index (χ0n) is 15.5. The molecule has 0 aliphatic rings. The molecule has 0 aliphatic carbocycles. The fraction of sp³-hybridized carbons (Fsp3) is 0.400. The highest BCUT2D eigenvalue weighted by Crippen LogP contribution is 2.35. The zero-order chi connectivity index (χ0) is 20.0. The molecule has 7 heteroatoms. The summed E-state index contributed by atoms with van der Waals surface area (Å²) in [5.74, 6) is 0.806. The second kappa shape index (κ2) is 9.10. The summed E-state index contributed by atoms with van der Waals surface area (Å²) in [4.78, 5) is 1.90. The molecule has 4 nitrogen and oxygen atoms in total. The van der Waals surface area contributed by atoms with Gasteiger partial charge in [0, 0.05) is 12.2 Å². The summed E-state index contributed by atoms with van der Waals surface area (Å²) in [5, 5.41) is 10.3. The third-order valence-electron chi connectivity index (χ3n) is 4.42. The average molecular weight is 382 g/mol. The van der Waals surface area contributed by atoms with Crippen LogP contribution in [0.4, 0.5) is 18.9 Å². The number of ether oxygens (including phenoxy) is 1. The van der Waals surface area contributed by atoms with Crippen LogP contribution in [-0.2, 0) is 12.6 Å². The third-order valence-corrected chi connectivity index (χ3v) is 4.42. The Morgan fingerprint density at radius 2 is 1.81 bits per heavy atom. The van der Waals surface area contributed by atoms with Gasteiger partial charge in [0.2, 0.25) is 0 Å². The number of nitrogen functional groups attached to an aromatic ring is 1. The zero-order valence-corrected chi connectivity index (χ0v) is 15.5. The molecule has 0 saturated carbocycles. The van der Waals surface area contributed by atoms with Gasteiger partial charge in [-0.1, -0.05) is 18.2 Å². The van der Waals surface area contributed by atoms with Crippen molar-refractivity contribution in [1.82, 2.24) is 4.90 Å². The van der Waals surface area contributed by atoms with Crippen LogP contribution in [0.5, 0.6) is 5.75 Å². The summed E-state index contributed by atoms with van der Waals surface area (Å²) in [6.07, 6.45) is -3.82. The first-order valence-electron chi connectivity index (χ1n) is 8.67. The number of aliphatic hydroxyl groups is 1. The molecule has 0 radical (unpaired) electrons. The average Bonchev–Trinajstić information content (AvgIpc) is 2.61. The topological polar surface area (TPSA) is 58.7 Å². The lowest BCUT2D eigenvalue weighted by molar-refractivity contribution is -0.137. The van der Waals surface area contributed by atoms with Gasteiger partial charge in [-0.05, 0) is 61.8 Å². The Morgan fingerprint density at radius 3 is 2.41 bits per heavy atom. The van der Waals surface area contributed by atoms with Gasteiger partial charge >= 0.3 is 6.18 Å². The van der Waals surface area contributed by atoms with Crippen molar-refractivity contribution in [2.45, 2.75) is 25.1 Å². The smallest absolute Gasteiger partial charge is 0.418 e. The molecule has 0 amide bonds. The number of methoxy groups -OCH3 is 1. The number of nitrogens with two attached hydrogens (primary N) is 1. The summed E-state index contributed by atoms with van der Waals surface area (Å²) < 4.78 is 44.0. The van der Waals surface area contributed by atoms with E-state index in [0.717, 1.165) is 24.7 Å². The molecule has 0 bridgehead atoms. The number of alkyl halides is 3. The van der Waals surface area contributed by atoms with Crippen LogP contribution < -0.4 is 10.5 Å². The summed E-state index contributed by atoms with van der Waals surface area (Å²) >= 11 is 0. The monoisotopic (exact) mass is 382 g/mol. The van der Waals surface area contributed by atoms with Gasteiger partial charge in [-0.3, -0.25) is 0 Å². The van der Waals surface area contributed by atoms with Gasteiger partial charge in [-0.25, -0.2) is 0 Å². The van der Waals surface area contributed by atoms with Crippen molar-refractivity contribution in [3.05, 3.63) is 59.2 Å². The quantitative estimate of drug-likeness (QED) is 0.680. The fourth-order valence-corrected chi connectivity index (χ4v) is 2.86. The SMILES string of the molecule is COc1ccc(CCCN(C)CC(O)c2ccc(N)c(C(F)(F)F)c2)cc1. The van der Waals surface area contributed by atoms with Crippen LogP contribution in [0.3, 0.4) is 0 Å². The maximum atomic E-state index is 13.0. The molecule has 148 valence electrons. The Bertz CT molecular complexity index is 733. The first-order valence-corrected chi connectivity index (χ1v) is 8.67. The predicted octanol–water partition coefficient (Wildman–Crippen LogP) is 3.89. The second-order valence-corrected chi connectivity index (χ2v) is 6.57. The van der Waals surface area contributed by atoms with E-state index >= 15 is 0 Å². The minimum Gasteiger partial charge on any atom is -0.497 e. The Balaban J connectivity index is 1.86. The van der Waals surface area contributed by atoms with E-state index in [1.807, 2.05) is 36.2 Å². The van der Waals surface area contributed by atoms with Gasteiger partial charge in [0.1, 0.15) is 5.75 Å². The standard InChI is InChI=1S/C20H25F3N2O2/c1-25(11-3-4-14-5-8-16(27-2)9-6-14)13-19(26)15-7-10-18(24)17(12-15)20(21,22)23/h5-10,12,19,26H,3-4,11,13,24H2,1-2H3. The van der Waals surface area contributed by atoms with Crippen molar-refractivity contribution in [2.24, 2.45) is 0 Å². The van der Waals surface area contributed by atoms with Gasteiger partial charge < -0.3 is 20.5 Å². The van der Waals surface area contributed by atoms with E-state index < -0.39 is 17.8 Å². The summed E-state index contributed by atoms with van der Waals surface area (Å²) in [6.45, 7) is 0.952. The second-order valence-electron chi connectivity index (χ2n) is 6.57. The Labute approximate surface area is 157 Å². The lowest BCUT2D eigenvalue weighted by Gasteiger charge is -2.22. The number of hydrogen-bond acceptors (Lipinski definition) is 4. The molecule has 0 fully saturated rings. The molecule has 1 unspecified atom stereocenters. The Kier molecular flexibility index (Phi) is 7.10. The Hall–Kier alpha value is -2.25. The van der Waals surface area contributed by atoms with Crippen molar-refractivity contribution in [2.75, 3.05) is 33.0 Å². The molecular formula is C20H25F3N2O2. The van der Waals surface area contributed by atoms with Gasteiger partial charge in [-0.15, -0.1) is 0 Å². The Morgan fingerprint density at radius 1 is 1.15 bits per heavy atom. The van der Waals surface area contributed by atoms with Crippen LogP contribution in [0.2, 0.25) is 0 Å². The van der Waals surface area contributed by atoms with Crippen molar-refractivity contribution >= 4 is 5.69 Å². The number of hydrogen-bond donors (Lipinski definition) is 2. The number of benzene rings is 2.